The van der Waals surface area contributed by atoms with E-state index in [0.29, 0.717) is 10.4 Å². The number of furan rings is 1. The molecular formula is C13H13BrO2. The van der Waals surface area contributed by atoms with E-state index in [1.807, 2.05) is 26.0 Å². The first kappa shape index (κ1) is 11.4. The highest BCUT2D eigenvalue weighted by molar-refractivity contribution is 9.10. The molecule has 0 bridgehead atoms. The highest BCUT2D eigenvalue weighted by atomic mass is 79.9. The Hall–Kier alpha value is -1.06. The second-order valence-corrected chi connectivity index (χ2v) is 4.69. The summed E-state index contributed by atoms with van der Waals surface area (Å²) in [6, 6.07) is 9.53. The Kier molecular flexibility index (Phi) is 3.17. The molecule has 0 aliphatic carbocycles. The number of hydrogen-bond acceptors (Lipinski definition) is 2. The average molecular weight is 281 g/mol. The van der Waals surface area contributed by atoms with Crippen molar-refractivity contribution in [2.24, 2.45) is 0 Å². The fourth-order valence-corrected chi connectivity index (χ4v) is 2.08. The zero-order valence-corrected chi connectivity index (χ0v) is 10.8. The van der Waals surface area contributed by atoms with Crippen molar-refractivity contribution in [1.29, 1.82) is 0 Å². The lowest BCUT2D eigenvalue weighted by molar-refractivity contribution is 0.187. The maximum Gasteiger partial charge on any atom is 0.169 e. The van der Waals surface area contributed by atoms with Crippen LogP contribution < -0.4 is 0 Å². The van der Waals surface area contributed by atoms with E-state index in [1.54, 1.807) is 12.1 Å². The van der Waals surface area contributed by atoms with Crippen LogP contribution in [0.4, 0.5) is 0 Å². The van der Waals surface area contributed by atoms with Gasteiger partial charge in [-0.3, -0.25) is 0 Å². The summed E-state index contributed by atoms with van der Waals surface area (Å²) in [4.78, 5) is 0. The minimum atomic E-state index is -0.702. The molecule has 1 heterocycles. The summed E-state index contributed by atoms with van der Waals surface area (Å²) in [5.74, 6) is 0.554. The highest BCUT2D eigenvalue weighted by Crippen LogP contribution is 2.28. The zero-order chi connectivity index (χ0) is 11.7. The molecule has 2 aromatic rings. The molecule has 0 spiro atoms. The highest BCUT2D eigenvalue weighted by Gasteiger charge is 2.16. The number of aryl methyl sites for hydroxylation is 2. The molecule has 0 saturated carbocycles. The van der Waals surface area contributed by atoms with Gasteiger partial charge in [0.25, 0.3) is 0 Å². The van der Waals surface area contributed by atoms with E-state index < -0.39 is 6.10 Å². The molecule has 1 aromatic heterocycles. The van der Waals surface area contributed by atoms with Crippen LogP contribution in [0.25, 0.3) is 0 Å². The summed E-state index contributed by atoms with van der Waals surface area (Å²) in [7, 11) is 0. The molecule has 1 unspecified atom stereocenters. The van der Waals surface area contributed by atoms with Gasteiger partial charge in [0.05, 0.1) is 0 Å². The summed E-state index contributed by atoms with van der Waals surface area (Å²) in [6.07, 6.45) is -0.702. The number of rotatable bonds is 2. The maximum atomic E-state index is 10.2. The smallest absolute Gasteiger partial charge is 0.169 e. The topological polar surface area (TPSA) is 33.4 Å². The van der Waals surface area contributed by atoms with E-state index in [0.717, 1.165) is 11.1 Å². The fourth-order valence-electron chi connectivity index (χ4n) is 1.76. The molecule has 1 atom stereocenters. The minimum absolute atomic E-state index is 0.554. The van der Waals surface area contributed by atoms with Crippen LogP contribution in [0, 0.1) is 13.8 Å². The van der Waals surface area contributed by atoms with Crippen molar-refractivity contribution >= 4 is 15.9 Å². The SMILES string of the molecule is Cc1ccc(C(O)c2ccc(Br)o2)c(C)c1. The quantitative estimate of drug-likeness (QED) is 0.909. The molecule has 0 saturated heterocycles. The number of benzene rings is 1. The summed E-state index contributed by atoms with van der Waals surface area (Å²) < 4.78 is 5.98. The molecule has 84 valence electrons. The van der Waals surface area contributed by atoms with Gasteiger partial charge in [0, 0.05) is 0 Å². The Labute approximate surface area is 103 Å². The number of aliphatic hydroxyl groups excluding tert-OH is 1. The Morgan fingerprint density at radius 1 is 1.19 bits per heavy atom. The van der Waals surface area contributed by atoms with Crippen molar-refractivity contribution in [2.45, 2.75) is 20.0 Å². The first-order chi connectivity index (χ1) is 7.58. The van der Waals surface area contributed by atoms with Gasteiger partial charge >= 0.3 is 0 Å². The summed E-state index contributed by atoms with van der Waals surface area (Å²) in [5, 5.41) is 10.2. The molecule has 0 amide bonds. The van der Waals surface area contributed by atoms with Crippen LogP contribution >= 0.6 is 15.9 Å². The first-order valence-corrected chi connectivity index (χ1v) is 5.87. The molecule has 0 radical (unpaired) electrons. The Bertz CT molecular complexity index is 502. The van der Waals surface area contributed by atoms with Crippen molar-refractivity contribution in [3.05, 3.63) is 57.5 Å². The second-order valence-electron chi connectivity index (χ2n) is 3.90. The number of hydrogen-bond donors (Lipinski definition) is 1. The van der Waals surface area contributed by atoms with Gasteiger partial charge in [0.15, 0.2) is 4.67 Å². The molecule has 1 aromatic carbocycles. The van der Waals surface area contributed by atoms with Crippen LogP contribution in [-0.2, 0) is 0 Å². The molecule has 0 fully saturated rings. The monoisotopic (exact) mass is 280 g/mol. The van der Waals surface area contributed by atoms with E-state index in [1.165, 1.54) is 5.56 Å². The third kappa shape index (κ3) is 2.20. The Morgan fingerprint density at radius 2 is 1.94 bits per heavy atom. The van der Waals surface area contributed by atoms with Gasteiger partial charge < -0.3 is 9.52 Å². The van der Waals surface area contributed by atoms with Gasteiger partial charge in [0.2, 0.25) is 0 Å². The van der Waals surface area contributed by atoms with Gasteiger partial charge in [-0.2, -0.15) is 0 Å². The van der Waals surface area contributed by atoms with Crippen LogP contribution in [0.5, 0.6) is 0 Å². The van der Waals surface area contributed by atoms with Gasteiger partial charge in [-0.15, -0.1) is 0 Å². The molecule has 16 heavy (non-hydrogen) atoms. The molecule has 0 aliphatic heterocycles. The third-order valence-electron chi connectivity index (χ3n) is 2.58. The van der Waals surface area contributed by atoms with Gasteiger partial charge in [-0.1, -0.05) is 23.8 Å². The first-order valence-electron chi connectivity index (χ1n) is 5.08. The van der Waals surface area contributed by atoms with Crippen LogP contribution in [0.15, 0.2) is 39.4 Å². The predicted octanol–water partition coefficient (Wildman–Crippen LogP) is 3.74. The Balaban J connectivity index is 2.37. The van der Waals surface area contributed by atoms with E-state index in [2.05, 4.69) is 22.0 Å². The van der Waals surface area contributed by atoms with Crippen molar-refractivity contribution in [3.8, 4) is 0 Å². The lowest BCUT2D eigenvalue weighted by atomic mass is 10.00. The largest absolute Gasteiger partial charge is 0.451 e. The number of aliphatic hydroxyl groups is 1. The van der Waals surface area contributed by atoms with Crippen molar-refractivity contribution in [1.82, 2.24) is 0 Å². The third-order valence-corrected chi connectivity index (χ3v) is 3.01. The average Bonchev–Trinajstić information content (AvgIpc) is 2.64. The maximum absolute atomic E-state index is 10.2. The zero-order valence-electron chi connectivity index (χ0n) is 9.20. The summed E-state index contributed by atoms with van der Waals surface area (Å²) in [5.41, 5.74) is 3.14. The molecule has 3 heteroatoms. The molecular weight excluding hydrogens is 268 g/mol. The van der Waals surface area contributed by atoms with E-state index in [-0.39, 0.29) is 0 Å². The van der Waals surface area contributed by atoms with Crippen molar-refractivity contribution < 1.29 is 9.52 Å². The molecule has 0 aliphatic rings. The number of halogens is 1. The van der Waals surface area contributed by atoms with Crippen LogP contribution in [0.2, 0.25) is 0 Å². The molecule has 2 rings (SSSR count). The van der Waals surface area contributed by atoms with Crippen molar-refractivity contribution in [2.75, 3.05) is 0 Å². The molecule has 2 nitrogen and oxygen atoms in total. The predicted molar refractivity (Wildman–Crippen MR) is 66.4 cm³/mol. The van der Waals surface area contributed by atoms with Crippen LogP contribution in [0.1, 0.15) is 28.6 Å². The second kappa shape index (κ2) is 4.44. The van der Waals surface area contributed by atoms with E-state index >= 15 is 0 Å². The summed E-state index contributed by atoms with van der Waals surface area (Å²) >= 11 is 3.23. The minimum Gasteiger partial charge on any atom is -0.451 e. The van der Waals surface area contributed by atoms with Crippen LogP contribution in [-0.4, -0.2) is 5.11 Å². The fraction of sp³-hybridized carbons (Fsp3) is 0.231. The van der Waals surface area contributed by atoms with Crippen LogP contribution in [0.3, 0.4) is 0 Å². The summed E-state index contributed by atoms with van der Waals surface area (Å²) in [6.45, 7) is 4.02. The van der Waals surface area contributed by atoms with E-state index in [4.69, 9.17) is 4.42 Å². The normalized spacial score (nSPS) is 12.8. The molecule has 1 N–H and O–H groups in total. The van der Waals surface area contributed by atoms with Crippen molar-refractivity contribution in [3.63, 3.8) is 0 Å². The van der Waals surface area contributed by atoms with Gasteiger partial charge in [-0.05, 0) is 53.0 Å². The lowest BCUT2D eigenvalue weighted by Crippen LogP contribution is -2.00. The van der Waals surface area contributed by atoms with Gasteiger partial charge in [-0.25, -0.2) is 0 Å². The Morgan fingerprint density at radius 3 is 2.50 bits per heavy atom. The van der Waals surface area contributed by atoms with E-state index in [9.17, 15) is 5.11 Å². The van der Waals surface area contributed by atoms with Gasteiger partial charge in [0.1, 0.15) is 11.9 Å². The standard InChI is InChI=1S/C13H13BrO2/c1-8-3-4-10(9(2)7-8)13(15)11-5-6-12(14)16-11/h3-7,13,15H,1-2H3. The lowest BCUT2D eigenvalue weighted by Gasteiger charge is -2.11.